The molecule has 0 spiro atoms. The van der Waals surface area contributed by atoms with Gasteiger partial charge in [0, 0.05) is 11.4 Å². The molecule has 1 N–H and O–H groups in total. The van der Waals surface area contributed by atoms with Crippen molar-refractivity contribution in [1.82, 2.24) is 9.97 Å². The van der Waals surface area contributed by atoms with Gasteiger partial charge < -0.3 is 10.1 Å². The molecular weight excluding hydrogens is 364 g/mol. The number of rotatable bonds is 7. The summed E-state index contributed by atoms with van der Waals surface area (Å²) in [5, 5.41) is 15.0. The number of aromatic nitrogens is 2. The first-order valence-electron chi connectivity index (χ1n) is 8.17. The normalized spacial score (nSPS) is 10.4. The van der Waals surface area contributed by atoms with Crippen molar-refractivity contribution < 1.29 is 9.66 Å². The highest BCUT2D eigenvalue weighted by Gasteiger charge is 2.23. The lowest BCUT2D eigenvalue weighted by molar-refractivity contribution is -0.387. The van der Waals surface area contributed by atoms with Gasteiger partial charge in [-0.2, -0.15) is 0 Å². The number of hydrogen-bond donors (Lipinski definition) is 1. The Morgan fingerprint density at radius 2 is 1.81 bits per heavy atom. The van der Waals surface area contributed by atoms with Crippen molar-refractivity contribution in [1.29, 1.82) is 0 Å². The van der Waals surface area contributed by atoms with E-state index in [4.69, 9.17) is 4.74 Å². The minimum atomic E-state index is -0.452. The van der Waals surface area contributed by atoms with Gasteiger partial charge in [0.05, 0.1) is 12.0 Å². The summed E-state index contributed by atoms with van der Waals surface area (Å²) in [6.45, 7) is 2.39. The van der Waals surface area contributed by atoms with Gasteiger partial charge in [-0.25, -0.2) is 9.97 Å². The topological polar surface area (TPSA) is 90.2 Å². The molecule has 0 fully saturated rings. The van der Waals surface area contributed by atoms with Crippen molar-refractivity contribution in [2.24, 2.45) is 0 Å². The van der Waals surface area contributed by atoms with Crippen LogP contribution in [0.15, 0.2) is 64.8 Å². The lowest BCUT2D eigenvalue weighted by atomic mass is 10.2. The van der Waals surface area contributed by atoms with Crippen LogP contribution in [0.2, 0.25) is 0 Å². The van der Waals surface area contributed by atoms with Gasteiger partial charge in [-0.3, -0.25) is 10.1 Å². The molecular formula is C19H18N4O3S. The Balaban J connectivity index is 1.81. The summed E-state index contributed by atoms with van der Waals surface area (Å²) in [4.78, 5) is 20.2. The van der Waals surface area contributed by atoms with E-state index in [1.807, 2.05) is 55.5 Å². The number of ether oxygens (including phenoxy) is 1. The second kappa shape index (κ2) is 8.50. The third-order valence-electron chi connectivity index (χ3n) is 3.83. The standard InChI is InChI=1S/C19H18N4O3S/c1-13-3-9-16(10-4-13)27-19-17(23(24)25)18(21-12-22-19)20-11-14-5-7-15(26-2)8-6-14/h3-10,12H,11H2,1-2H3,(H,20,21,22). The van der Waals surface area contributed by atoms with Crippen molar-refractivity contribution in [3.63, 3.8) is 0 Å². The smallest absolute Gasteiger partial charge is 0.343 e. The third kappa shape index (κ3) is 4.73. The second-order valence-corrected chi connectivity index (χ2v) is 6.81. The summed E-state index contributed by atoms with van der Waals surface area (Å²) < 4.78 is 5.13. The Morgan fingerprint density at radius 1 is 1.11 bits per heavy atom. The van der Waals surface area contributed by atoms with Crippen LogP contribution in [-0.2, 0) is 6.54 Å². The van der Waals surface area contributed by atoms with Gasteiger partial charge in [0.25, 0.3) is 0 Å². The number of methoxy groups -OCH3 is 1. The van der Waals surface area contributed by atoms with Gasteiger partial charge in [0.15, 0.2) is 5.03 Å². The molecule has 1 heterocycles. The predicted molar refractivity (Wildman–Crippen MR) is 104 cm³/mol. The molecule has 0 saturated heterocycles. The first-order chi connectivity index (χ1) is 13.1. The van der Waals surface area contributed by atoms with Crippen LogP contribution in [0.5, 0.6) is 5.75 Å². The molecule has 0 bridgehead atoms. The first kappa shape index (κ1) is 18.7. The number of hydrogen-bond acceptors (Lipinski definition) is 7. The summed E-state index contributed by atoms with van der Waals surface area (Å²) in [6.07, 6.45) is 1.33. The summed E-state index contributed by atoms with van der Waals surface area (Å²) >= 11 is 1.24. The molecule has 3 rings (SSSR count). The molecule has 0 aliphatic rings. The quantitative estimate of drug-likeness (QED) is 0.366. The highest BCUT2D eigenvalue weighted by atomic mass is 32.2. The van der Waals surface area contributed by atoms with Crippen LogP contribution < -0.4 is 10.1 Å². The Labute approximate surface area is 161 Å². The molecule has 0 radical (unpaired) electrons. The zero-order chi connectivity index (χ0) is 19.2. The average Bonchev–Trinajstić information content (AvgIpc) is 2.68. The average molecular weight is 382 g/mol. The maximum Gasteiger partial charge on any atom is 0.343 e. The van der Waals surface area contributed by atoms with Crippen LogP contribution in [-0.4, -0.2) is 22.0 Å². The number of anilines is 1. The van der Waals surface area contributed by atoms with E-state index in [1.165, 1.54) is 18.1 Å². The lowest BCUT2D eigenvalue weighted by Gasteiger charge is -2.09. The van der Waals surface area contributed by atoms with E-state index in [0.717, 1.165) is 21.8 Å². The van der Waals surface area contributed by atoms with Crippen LogP contribution in [0.1, 0.15) is 11.1 Å². The minimum Gasteiger partial charge on any atom is -0.497 e. The molecule has 0 unspecified atom stereocenters. The van der Waals surface area contributed by atoms with Gasteiger partial charge in [0.1, 0.15) is 12.1 Å². The Bertz CT molecular complexity index is 931. The molecule has 0 amide bonds. The molecule has 0 atom stereocenters. The lowest BCUT2D eigenvalue weighted by Crippen LogP contribution is -2.06. The minimum absolute atomic E-state index is 0.128. The van der Waals surface area contributed by atoms with Crippen molar-refractivity contribution in [3.8, 4) is 5.75 Å². The second-order valence-electron chi connectivity index (χ2n) is 5.75. The molecule has 0 aliphatic heterocycles. The molecule has 0 saturated carbocycles. The molecule has 138 valence electrons. The molecule has 0 aliphatic carbocycles. The van der Waals surface area contributed by atoms with Gasteiger partial charge in [-0.05, 0) is 36.8 Å². The summed E-state index contributed by atoms with van der Waals surface area (Å²) in [5.74, 6) is 0.948. The van der Waals surface area contributed by atoms with Crippen molar-refractivity contribution in [2.45, 2.75) is 23.4 Å². The fourth-order valence-corrected chi connectivity index (χ4v) is 3.24. The van der Waals surface area contributed by atoms with Gasteiger partial charge >= 0.3 is 5.69 Å². The van der Waals surface area contributed by atoms with Crippen LogP contribution >= 0.6 is 11.8 Å². The molecule has 27 heavy (non-hydrogen) atoms. The van der Waals surface area contributed by atoms with Crippen LogP contribution in [0, 0.1) is 17.0 Å². The summed E-state index contributed by atoms with van der Waals surface area (Å²) in [6, 6.07) is 15.2. The molecule has 2 aromatic carbocycles. The van der Waals surface area contributed by atoms with Gasteiger partial charge in [-0.1, -0.05) is 41.6 Å². The molecule has 7 nitrogen and oxygen atoms in total. The SMILES string of the molecule is COc1ccc(CNc2ncnc(Sc3ccc(C)cc3)c2[N+](=O)[O-])cc1. The molecule has 8 heteroatoms. The van der Waals surface area contributed by atoms with Gasteiger partial charge in [-0.15, -0.1) is 0 Å². The van der Waals surface area contributed by atoms with E-state index in [2.05, 4.69) is 15.3 Å². The Kier molecular flexibility index (Phi) is 5.87. The van der Waals surface area contributed by atoms with E-state index < -0.39 is 4.92 Å². The predicted octanol–water partition coefficient (Wildman–Crippen LogP) is 4.47. The zero-order valence-electron chi connectivity index (χ0n) is 14.9. The van der Waals surface area contributed by atoms with E-state index in [-0.39, 0.29) is 11.5 Å². The van der Waals surface area contributed by atoms with Crippen LogP contribution in [0.4, 0.5) is 11.5 Å². The van der Waals surface area contributed by atoms with E-state index in [1.54, 1.807) is 7.11 Å². The highest BCUT2D eigenvalue weighted by Crippen LogP contribution is 2.36. The fourth-order valence-electron chi connectivity index (χ4n) is 2.38. The number of nitro groups is 1. The van der Waals surface area contributed by atoms with Crippen LogP contribution in [0.3, 0.4) is 0 Å². The number of benzene rings is 2. The maximum absolute atomic E-state index is 11.6. The third-order valence-corrected chi connectivity index (χ3v) is 4.83. The van der Waals surface area contributed by atoms with E-state index >= 15 is 0 Å². The number of nitrogens with zero attached hydrogens (tertiary/aromatic N) is 3. The molecule has 3 aromatic rings. The van der Waals surface area contributed by atoms with Crippen molar-refractivity contribution in [3.05, 3.63) is 76.1 Å². The Hall–Kier alpha value is -3.13. The maximum atomic E-state index is 11.6. The van der Waals surface area contributed by atoms with Crippen molar-refractivity contribution in [2.75, 3.05) is 12.4 Å². The highest BCUT2D eigenvalue weighted by molar-refractivity contribution is 7.99. The Morgan fingerprint density at radius 3 is 2.44 bits per heavy atom. The first-order valence-corrected chi connectivity index (χ1v) is 8.99. The molecule has 1 aromatic heterocycles. The number of aryl methyl sites for hydroxylation is 1. The van der Waals surface area contributed by atoms with Gasteiger partial charge in [0.2, 0.25) is 5.82 Å². The largest absolute Gasteiger partial charge is 0.497 e. The fraction of sp³-hybridized carbons (Fsp3) is 0.158. The zero-order valence-corrected chi connectivity index (χ0v) is 15.7. The van der Waals surface area contributed by atoms with Crippen LogP contribution in [0.25, 0.3) is 0 Å². The monoisotopic (exact) mass is 382 g/mol. The van der Waals surface area contributed by atoms with E-state index in [9.17, 15) is 10.1 Å². The summed E-state index contributed by atoms with van der Waals surface area (Å²) in [5.41, 5.74) is 1.95. The van der Waals surface area contributed by atoms with E-state index in [0.29, 0.717) is 11.6 Å². The summed E-state index contributed by atoms with van der Waals surface area (Å²) in [7, 11) is 1.60. The number of nitrogens with one attached hydrogen (secondary N) is 1. The van der Waals surface area contributed by atoms with Crippen molar-refractivity contribution >= 4 is 23.3 Å².